The summed E-state index contributed by atoms with van der Waals surface area (Å²) in [6, 6.07) is 23.4. The Bertz CT molecular complexity index is 1440. The van der Waals surface area contributed by atoms with Crippen molar-refractivity contribution in [3.63, 3.8) is 0 Å². The molecule has 50 heavy (non-hydrogen) atoms. The van der Waals surface area contributed by atoms with Crippen LogP contribution in [0.4, 0.5) is 0 Å². The summed E-state index contributed by atoms with van der Waals surface area (Å²) >= 11 is 2.38. The SMILES string of the molecule is CC(C)c1cc(C(C)C)cc([Si](C2=C(C(C)(C)C)[C]([Ti+3])=CC2)(c2cc(C(C)C)cc(C(C)C)c2)c2cc(C(C)C)cc(C(C)C)c2)c1.[Cl-].[Cl-].[Cl-]. The second kappa shape index (κ2) is 18.3. The second-order valence-corrected chi connectivity index (χ2v) is 21.9. The third-order valence-corrected chi connectivity index (χ3v) is 16.0. The molecule has 0 fully saturated rings. The van der Waals surface area contributed by atoms with E-state index in [0.717, 1.165) is 6.42 Å². The van der Waals surface area contributed by atoms with Gasteiger partial charge in [-0.1, -0.05) is 0 Å². The van der Waals surface area contributed by atoms with Gasteiger partial charge in [-0.3, -0.25) is 0 Å². The molecule has 3 aromatic rings. The summed E-state index contributed by atoms with van der Waals surface area (Å²) in [6.07, 6.45) is 3.58. The third-order valence-electron chi connectivity index (χ3n) is 10.5. The molecule has 1 aliphatic rings. The summed E-state index contributed by atoms with van der Waals surface area (Å²) < 4.78 is 1.47. The van der Waals surface area contributed by atoms with Crippen LogP contribution in [0, 0.1) is 5.41 Å². The number of hydrogen-bond acceptors (Lipinski definition) is 0. The molecule has 0 heterocycles. The van der Waals surface area contributed by atoms with Crippen LogP contribution in [0.1, 0.15) is 179 Å². The number of rotatable bonds is 10. The van der Waals surface area contributed by atoms with Crippen LogP contribution in [0.25, 0.3) is 0 Å². The first kappa shape index (κ1) is 47.0. The Morgan fingerprint density at radius 2 is 0.700 bits per heavy atom. The van der Waals surface area contributed by atoms with Gasteiger partial charge < -0.3 is 37.2 Å². The predicted octanol–water partition coefficient (Wildman–Crippen LogP) is 2.63. The van der Waals surface area contributed by atoms with Crippen molar-refractivity contribution >= 4 is 23.6 Å². The Kier molecular flexibility index (Phi) is 17.2. The van der Waals surface area contributed by atoms with Gasteiger partial charge in [-0.2, -0.15) is 0 Å². The molecule has 0 saturated carbocycles. The number of hydrogen-bond donors (Lipinski definition) is 0. The normalized spacial score (nSPS) is 13.8. The van der Waals surface area contributed by atoms with Crippen LogP contribution in [0.5, 0.6) is 0 Å². The molecule has 0 unspecified atom stereocenters. The fraction of sp³-hybridized carbons (Fsp3) is 0.511. The molecule has 0 amide bonds. The number of benzene rings is 3. The van der Waals surface area contributed by atoms with E-state index in [2.05, 4.69) is 185 Å². The van der Waals surface area contributed by atoms with E-state index in [1.54, 1.807) is 26.3 Å². The Hall–Kier alpha value is -1.06. The van der Waals surface area contributed by atoms with Gasteiger partial charge in [0.15, 0.2) is 0 Å². The van der Waals surface area contributed by atoms with Gasteiger partial charge in [-0.25, -0.2) is 0 Å². The topological polar surface area (TPSA) is 0 Å². The molecule has 0 aliphatic heterocycles. The molecule has 272 valence electrons. The molecule has 0 atom stereocenters. The molecular formula is C45H63Cl3SiTi. The van der Waals surface area contributed by atoms with E-state index in [4.69, 9.17) is 0 Å². The zero-order chi connectivity index (χ0) is 35.2. The number of allylic oxidation sites excluding steroid dienone is 4. The summed E-state index contributed by atoms with van der Waals surface area (Å²) in [6.45, 7) is 35.8. The van der Waals surface area contributed by atoms with E-state index >= 15 is 0 Å². The minimum atomic E-state index is -2.84. The predicted molar refractivity (Wildman–Crippen MR) is 208 cm³/mol. The van der Waals surface area contributed by atoms with Crippen molar-refractivity contribution in [2.24, 2.45) is 5.41 Å². The zero-order valence-corrected chi connectivity index (χ0v) is 38.4. The first-order chi connectivity index (χ1) is 21.8. The Morgan fingerprint density at radius 1 is 0.460 bits per heavy atom. The summed E-state index contributed by atoms with van der Waals surface area (Å²) in [5, 5.41) is 6.40. The molecule has 4 rings (SSSR count). The van der Waals surface area contributed by atoms with E-state index in [1.165, 1.54) is 37.3 Å². The molecule has 0 saturated heterocycles. The van der Waals surface area contributed by atoms with Crippen molar-refractivity contribution < 1.29 is 57.7 Å². The van der Waals surface area contributed by atoms with Gasteiger partial charge >= 0.3 is 304 Å². The Labute approximate surface area is 338 Å². The second-order valence-electron chi connectivity index (χ2n) is 17.3. The summed E-state index contributed by atoms with van der Waals surface area (Å²) in [5.41, 5.74) is 10.4. The van der Waals surface area contributed by atoms with Crippen LogP contribution >= 0.6 is 0 Å². The third kappa shape index (κ3) is 9.53. The smallest absolute Gasteiger partial charge is 1.00 e. The maximum atomic E-state index is 2.65. The van der Waals surface area contributed by atoms with Gasteiger partial charge in [-0.15, -0.1) is 0 Å². The Balaban J connectivity index is 0.00000417. The average Bonchev–Trinajstić information content (AvgIpc) is 3.38. The van der Waals surface area contributed by atoms with Gasteiger partial charge in [0.2, 0.25) is 0 Å². The maximum absolute atomic E-state index is 2.84. The molecule has 3 aromatic carbocycles. The first-order valence-electron chi connectivity index (χ1n) is 18.4. The summed E-state index contributed by atoms with van der Waals surface area (Å²) in [4.78, 5) is 0. The van der Waals surface area contributed by atoms with E-state index in [1.807, 2.05) is 0 Å². The minimum absolute atomic E-state index is 0. The molecule has 0 bridgehead atoms. The van der Waals surface area contributed by atoms with Crippen LogP contribution in [-0.2, 0) is 20.4 Å². The van der Waals surface area contributed by atoms with Crippen molar-refractivity contribution in [1.82, 2.24) is 0 Å². The molecule has 0 N–H and O–H groups in total. The quantitative estimate of drug-likeness (QED) is 0.220. The van der Waals surface area contributed by atoms with Crippen LogP contribution in [0.3, 0.4) is 0 Å². The fourth-order valence-electron chi connectivity index (χ4n) is 7.47. The van der Waals surface area contributed by atoms with Gasteiger partial charge in [0, 0.05) is 0 Å². The van der Waals surface area contributed by atoms with Crippen molar-refractivity contribution in [2.75, 3.05) is 0 Å². The molecule has 5 heteroatoms. The monoisotopic (exact) mass is 784 g/mol. The van der Waals surface area contributed by atoms with Crippen LogP contribution in [0.2, 0.25) is 0 Å². The largest absolute Gasteiger partial charge is 1.00 e. The summed E-state index contributed by atoms with van der Waals surface area (Å²) in [7, 11) is -2.84. The van der Waals surface area contributed by atoms with E-state index in [-0.39, 0.29) is 42.6 Å². The van der Waals surface area contributed by atoms with Crippen LogP contribution in [0.15, 0.2) is 75.3 Å². The van der Waals surface area contributed by atoms with Crippen molar-refractivity contribution in [3.8, 4) is 0 Å². The van der Waals surface area contributed by atoms with Crippen LogP contribution in [-0.4, -0.2) is 8.07 Å². The zero-order valence-electron chi connectivity index (χ0n) is 33.6. The standard InChI is InChI=1S/C45H63Si.3ClH.Ti/c1-28(2)34-19-35(29(3)4)23-40(22-34)46(44-18-16-17-43(44)45(13,14)15,41-24-36(30(5)6)20-37(25-41)31(7)8)42-26-38(32(9)10)21-39(27-42)33(11)12;;;;/h16,19-33H,18H2,1-15H3;3*1H;/q;;;;+3/p-3. The van der Waals surface area contributed by atoms with Crippen molar-refractivity contribution in [3.05, 3.63) is 109 Å². The van der Waals surface area contributed by atoms with Gasteiger partial charge in [0.05, 0.1) is 0 Å². The minimum Gasteiger partial charge on any atom is -1.00 e. The van der Waals surface area contributed by atoms with Gasteiger partial charge in [0.1, 0.15) is 0 Å². The van der Waals surface area contributed by atoms with Crippen molar-refractivity contribution in [2.45, 2.75) is 146 Å². The van der Waals surface area contributed by atoms with E-state index < -0.39 is 8.07 Å². The Morgan fingerprint density at radius 3 is 0.900 bits per heavy atom. The molecule has 0 aromatic heterocycles. The van der Waals surface area contributed by atoms with Crippen LogP contribution < -0.4 is 52.8 Å². The number of halogens is 3. The molecular weight excluding hydrogens is 723 g/mol. The molecule has 0 nitrogen and oxygen atoms in total. The molecule has 1 aliphatic carbocycles. The first-order valence-corrected chi connectivity index (χ1v) is 21.2. The maximum Gasteiger partial charge on any atom is -1.00 e. The fourth-order valence-corrected chi connectivity index (χ4v) is 14.3. The molecule has 0 radical (unpaired) electrons. The average molecular weight is 786 g/mol. The molecule has 0 spiro atoms. The van der Waals surface area contributed by atoms with Gasteiger partial charge in [-0.05, 0) is 0 Å². The van der Waals surface area contributed by atoms with E-state index in [9.17, 15) is 0 Å². The summed E-state index contributed by atoms with van der Waals surface area (Å²) in [5.74, 6) is 2.75. The van der Waals surface area contributed by atoms with Crippen molar-refractivity contribution in [1.29, 1.82) is 0 Å². The van der Waals surface area contributed by atoms with E-state index in [0.29, 0.717) is 35.5 Å². The van der Waals surface area contributed by atoms with Gasteiger partial charge in [0.25, 0.3) is 0 Å².